The van der Waals surface area contributed by atoms with Crippen LogP contribution in [0.25, 0.3) is 0 Å². The van der Waals surface area contributed by atoms with E-state index in [0.29, 0.717) is 11.4 Å². The van der Waals surface area contributed by atoms with Gasteiger partial charge in [0.15, 0.2) is 5.82 Å². The van der Waals surface area contributed by atoms with E-state index in [2.05, 4.69) is 52.6 Å². The van der Waals surface area contributed by atoms with Crippen LogP contribution in [0.5, 0.6) is 5.75 Å². The summed E-state index contributed by atoms with van der Waals surface area (Å²) in [6, 6.07) is 19.7. The number of nitrogens with zero attached hydrogens (tertiary/aromatic N) is 3. The zero-order chi connectivity index (χ0) is 21.9. The molecule has 0 spiro atoms. The van der Waals surface area contributed by atoms with Crippen LogP contribution < -0.4 is 5.01 Å². The number of aromatic nitrogens is 1. The molecule has 0 bridgehead atoms. The van der Waals surface area contributed by atoms with Crippen LogP contribution in [0.1, 0.15) is 58.2 Å². The second-order valence-electron chi connectivity index (χ2n) is 9.54. The average molecular weight is 402 g/mol. The number of hydrogen-bond acceptors (Lipinski definition) is 4. The predicted molar refractivity (Wildman–Crippen MR) is 126 cm³/mol. The first-order valence-corrected chi connectivity index (χ1v) is 10.3. The van der Waals surface area contributed by atoms with Crippen molar-refractivity contribution in [3.05, 3.63) is 83.6 Å². The number of aromatic hydroxyl groups is 1. The third-order valence-corrected chi connectivity index (χ3v) is 4.99. The molecule has 0 radical (unpaired) electrons. The van der Waals surface area contributed by atoms with Gasteiger partial charge < -0.3 is 5.11 Å². The largest absolute Gasteiger partial charge is 0.507 e. The summed E-state index contributed by atoms with van der Waals surface area (Å²) < 4.78 is 0. The van der Waals surface area contributed by atoms with Gasteiger partial charge in [-0.1, -0.05) is 71.9 Å². The number of anilines is 2. The number of benzene rings is 2. The average Bonchev–Trinajstić information content (AvgIpc) is 2.69. The van der Waals surface area contributed by atoms with Gasteiger partial charge in [0.1, 0.15) is 5.75 Å². The van der Waals surface area contributed by atoms with E-state index in [9.17, 15) is 5.11 Å². The van der Waals surface area contributed by atoms with E-state index in [-0.39, 0.29) is 16.6 Å². The summed E-state index contributed by atoms with van der Waals surface area (Å²) in [7, 11) is 0. The van der Waals surface area contributed by atoms with Crippen molar-refractivity contribution in [2.75, 3.05) is 5.01 Å². The highest BCUT2D eigenvalue weighted by Crippen LogP contribution is 2.37. The van der Waals surface area contributed by atoms with Crippen molar-refractivity contribution in [1.29, 1.82) is 0 Å². The zero-order valence-corrected chi connectivity index (χ0v) is 18.7. The fraction of sp³-hybridized carbons (Fsp3) is 0.308. The SMILES string of the molecule is CC(C)(C)c1cc(/C=N/N(c2ccccc2)c2ccccn2)c(O)c(C(C)(C)C)c1. The van der Waals surface area contributed by atoms with Gasteiger partial charge >= 0.3 is 0 Å². The van der Waals surface area contributed by atoms with Gasteiger partial charge in [-0.05, 0) is 46.7 Å². The van der Waals surface area contributed by atoms with Crippen molar-refractivity contribution >= 4 is 17.7 Å². The predicted octanol–water partition coefficient (Wildman–Crippen LogP) is 6.55. The van der Waals surface area contributed by atoms with E-state index in [1.165, 1.54) is 0 Å². The van der Waals surface area contributed by atoms with Crippen molar-refractivity contribution in [2.45, 2.75) is 52.4 Å². The molecule has 0 amide bonds. The van der Waals surface area contributed by atoms with Gasteiger partial charge in [0.05, 0.1) is 11.9 Å². The molecule has 30 heavy (non-hydrogen) atoms. The Morgan fingerprint density at radius 3 is 2.10 bits per heavy atom. The van der Waals surface area contributed by atoms with Crippen LogP contribution in [0, 0.1) is 0 Å². The van der Waals surface area contributed by atoms with Crippen LogP contribution in [0.2, 0.25) is 0 Å². The first-order valence-electron chi connectivity index (χ1n) is 10.3. The summed E-state index contributed by atoms with van der Waals surface area (Å²) in [6.07, 6.45) is 3.47. The molecule has 0 aliphatic rings. The number of phenolic OH excluding ortho intramolecular Hbond substituents is 1. The molecule has 0 unspecified atom stereocenters. The van der Waals surface area contributed by atoms with Gasteiger partial charge in [-0.15, -0.1) is 0 Å². The molecule has 0 saturated carbocycles. The standard InChI is InChI=1S/C26H31N3O/c1-25(2,3)20-16-19(24(30)22(17-20)26(4,5)6)18-28-29(21-12-8-7-9-13-21)23-14-10-11-15-27-23/h7-18,30H,1-6H3/b28-18+. The maximum atomic E-state index is 11.0. The molecule has 0 aliphatic carbocycles. The first kappa shape index (κ1) is 21.6. The van der Waals surface area contributed by atoms with Crippen LogP contribution in [0.3, 0.4) is 0 Å². The lowest BCUT2D eigenvalue weighted by molar-refractivity contribution is 0.444. The van der Waals surface area contributed by atoms with Crippen molar-refractivity contribution in [2.24, 2.45) is 5.10 Å². The molecule has 1 N–H and O–H groups in total. The number of rotatable bonds is 4. The molecule has 2 aromatic carbocycles. The van der Waals surface area contributed by atoms with E-state index in [1.54, 1.807) is 17.4 Å². The highest BCUT2D eigenvalue weighted by molar-refractivity contribution is 5.86. The molecule has 3 aromatic rings. The molecule has 0 aliphatic heterocycles. The molecular formula is C26H31N3O. The van der Waals surface area contributed by atoms with Crippen LogP contribution in [0.15, 0.2) is 72.0 Å². The fourth-order valence-electron chi connectivity index (χ4n) is 3.19. The summed E-state index contributed by atoms with van der Waals surface area (Å²) in [4.78, 5) is 4.45. The lowest BCUT2D eigenvalue weighted by Gasteiger charge is -2.27. The molecule has 0 saturated heterocycles. The summed E-state index contributed by atoms with van der Waals surface area (Å²) in [5.41, 5.74) is 3.44. The second-order valence-corrected chi connectivity index (χ2v) is 9.54. The number of phenols is 1. The number of hydrazone groups is 1. The molecule has 1 heterocycles. The highest BCUT2D eigenvalue weighted by Gasteiger charge is 2.24. The van der Waals surface area contributed by atoms with E-state index in [4.69, 9.17) is 5.10 Å². The van der Waals surface area contributed by atoms with E-state index in [0.717, 1.165) is 16.8 Å². The van der Waals surface area contributed by atoms with Crippen LogP contribution in [-0.4, -0.2) is 16.3 Å². The summed E-state index contributed by atoms with van der Waals surface area (Å²) in [5, 5.41) is 17.5. The molecule has 0 fully saturated rings. The highest BCUT2D eigenvalue weighted by atomic mass is 16.3. The first-order chi connectivity index (χ1) is 14.1. The summed E-state index contributed by atoms with van der Waals surface area (Å²) in [5.74, 6) is 0.982. The second kappa shape index (κ2) is 8.31. The molecular weight excluding hydrogens is 370 g/mol. The van der Waals surface area contributed by atoms with Gasteiger partial charge in [0.2, 0.25) is 0 Å². The Labute approximate surface area is 179 Å². The third-order valence-electron chi connectivity index (χ3n) is 4.99. The van der Waals surface area contributed by atoms with Crippen LogP contribution in [-0.2, 0) is 10.8 Å². The Bertz CT molecular complexity index is 974. The molecule has 3 rings (SSSR count). The van der Waals surface area contributed by atoms with Crippen molar-refractivity contribution in [1.82, 2.24) is 4.98 Å². The number of pyridine rings is 1. The van der Waals surface area contributed by atoms with Crippen LogP contribution in [0.4, 0.5) is 11.5 Å². The van der Waals surface area contributed by atoms with E-state index >= 15 is 0 Å². The topological polar surface area (TPSA) is 48.7 Å². The van der Waals surface area contributed by atoms with Gasteiger partial charge in [-0.3, -0.25) is 0 Å². The Morgan fingerprint density at radius 2 is 1.53 bits per heavy atom. The minimum absolute atomic E-state index is 0.0452. The Kier molecular flexibility index (Phi) is 5.97. The maximum Gasteiger partial charge on any atom is 0.153 e. The normalized spacial score (nSPS) is 12.3. The van der Waals surface area contributed by atoms with Gasteiger partial charge in [-0.25, -0.2) is 9.99 Å². The Hall–Kier alpha value is -3.14. The summed E-state index contributed by atoms with van der Waals surface area (Å²) in [6.45, 7) is 12.9. The van der Waals surface area contributed by atoms with Crippen molar-refractivity contribution in [3.63, 3.8) is 0 Å². The zero-order valence-electron chi connectivity index (χ0n) is 18.7. The molecule has 4 nitrogen and oxygen atoms in total. The van der Waals surface area contributed by atoms with E-state index < -0.39 is 0 Å². The molecule has 156 valence electrons. The number of para-hydroxylation sites is 1. The van der Waals surface area contributed by atoms with Crippen LogP contribution >= 0.6 is 0 Å². The Balaban J connectivity index is 2.12. The van der Waals surface area contributed by atoms with Gasteiger partial charge in [0.25, 0.3) is 0 Å². The maximum absolute atomic E-state index is 11.0. The minimum atomic E-state index is -0.186. The lowest BCUT2D eigenvalue weighted by Crippen LogP contribution is -2.18. The molecule has 4 heteroatoms. The Morgan fingerprint density at radius 1 is 0.867 bits per heavy atom. The quantitative estimate of drug-likeness (QED) is 0.398. The molecule has 0 atom stereocenters. The van der Waals surface area contributed by atoms with Gasteiger partial charge in [0, 0.05) is 17.3 Å². The monoisotopic (exact) mass is 401 g/mol. The molecule has 1 aromatic heterocycles. The van der Waals surface area contributed by atoms with Gasteiger partial charge in [-0.2, -0.15) is 5.10 Å². The summed E-state index contributed by atoms with van der Waals surface area (Å²) >= 11 is 0. The van der Waals surface area contributed by atoms with Crippen molar-refractivity contribution in [3.8, 4) is 5.75 Å². The number of hydrogen-bond donors (Lipinski definition) is 1. The minimum Gasteiger partial charge on any atom is -0.507 e. The van der Waals surface area contributed by atoms with E-state index in [1.807, 2.05) is 54.6 Å². The lowest BCUT2D eigenvalue weighted by atomic mass is 9.79. The fourth-order valence-corrected chi connectivity index (χ4v) is 3.19. The van der Waals surface area contributed by atoms with Crippen molar-refractivity contribution < 1.29 is 5.11 Å². The third kappa shape index (κ3) is 4.88. The smallest absolute Gasteiger partial charge is 0.153 e.